The van der Waals surface area contributed by atoms with Gasteiger partial charge in [-0.15, -0.1) is 0 Å². The van der Waals surface area contributed by atoms with Crippen LogP contribution in [0.25, 0.3) is 0 Å². The van der Waals surface area contributed by atoms with Gasteiger partial charge in [-0.3, -0.25) is 4.79 Å². The molecule has 0 atom stereocenters. The van der Waals surface area contributed by atoms with Crippen LogP contribution in [0.5, 0.6) is 5.75 Å². The first-order chi connectivity index (χ1) is 9.72. The number of carbonyl (C=O) groups is 1. The maximum Gasteiger partial charge on any atom is 0.223 e. The normalized spacial score (nSPS) is 19.8. The Morgan fingerprint density at radius 1 is 1.15 bits per heavy atom. The van der Waals surface area contributed by atoms with Crippen molar-refractivity contribution in [2.45, 2.75) is 6.42 Å². The zero-order valence-corrected chi connectivity index (χ0v) is 11.6. The van der Waals surface area contributed by atoms with Crippen LogP contribution in [0.15, 0.2) is 24.3 Å². The summed E-state index contributed by atoms with van der Waals surface area (Å²) >= 11 is 0. The minimum Gasteiger partial charge on any atom is -0.508 e. The molecule has 2 aliphatic heterocycles. The smallest absolute Gasteiger partial charge is 0.223 e. The number of phenolic OH excluding ortho intramolecular Hbond substituents is 1. The first-order valence-electron chi connectivity index (χ1n) is 7.25. The van der Waals surface area contributed by atoms with Crippen LogP contribution < -0.4 is 10.2 Å². The van der Waals surface area contributed by atoms with Gasteiger partial charge in [-0.1, -0.05) is 0 Å². The molecule has 0 unspecified atom stereocenters. The molecule has 0 aromatic heterocycles. The van der Waals surface area contributed by atoms with Gasteiger partial charge >= 0.3 is 0 Å². The summed E-state index contributed by atoms with van der Waals surface area (Å²) in [5.41, 5.74) is 1.11. The van der Waals surface area contributed by atoms with Gasteiger partial charge in [0.1, 0.15) is 5.75 Å². The minimum atomic E-state index is 0.289. The number of hydrogen-bond acceptors (Lipinski definition) is 4. The molecule has 3 rings (SSSR count). The van der Waals surface area contributed by atoms with E-state index in [0.717, 1.165) is 45.0 Å². The van der Waals surface area contributed by atoms with Gasteiger partial charge in [0.05, 0.1) is 0 Å². The number of amides is 1. The fraction of sp³-hybridized carbons (Fsp3) is 0.533. The van der Waals surface area contributed by atoms with E-state index in [4.69, 9.17) is 0 Å². The van der Waals surface area contributed by atoms with Gasteiger partial charge in [0.25, 0.3) is 0 Å². The number of phenols is 1. The second-order valence-electron chi connectivity index (χ2n) is 5.61. The molecule has 0 bridgehead atoms. The lowest BCUT2D eigenvalue weighted by molar-refractivity contribution is -0.132. The third kappa shape index (κ3) is 2.88. The monoisotopic (exact) mass is 275 g/mol. The highest BCUT2D eigenvalue weighted by Gasteiger charge is 2.26. The Morgan fingerprint density at radius 3 is 2.35 bits per heavy atom. The largest absolute Gasteiger partial charge is 0.508 e. The van der Waals surface area contributed by atoms with Crippen molar-refractivity contribution in [1.82, 2.24) is 10.2 Å². The van der Waals surface area contributed by atoms with Crippen LogP contribution in [-0.2, 0) is 4.79 Å². The van der Waals surface area contributed by atoms with Crippen LogP contribution in [-0.4, -0.2) is 55.2 Å². The van der Waals surface area contributed by atoms with Crippen LogP contribution in [0.1, 0.15) is 6.42 Å². The first-order valence-corrected chi connectivity index (χ1v) is 7.25. The second-order valence-corrected chi connectivity index (χ2v) is 5.61. The molecule has 5 nitrogen and oxygen atoms in total. The van der Waals surface area contributed by atoms with Crippen molar-refractivity contribution < 1.29 is 9.90 Å². The lowest BCUT2D eigenvalue weighted by atomic mass is 9.98. The number of rotatable bonds is 3. The van der Waals surface area contributed by atoms with Crippen molar-refractivity contribution in [1.29, 1.82) is 0 Å². The summed E-state index contributed by atoms with van der Waals surface area (Å²) in [5.74, 6) is 1.12. The van der Waals surface area contributed by atoms with Crippen molar-refractivity contribution in [3.05, 3.63) is 24.3 Å². The molecule has 20 heavy (non-hydrogen) atoms. The number of hydrogen-bond donors (Lipinski definition) is 2. The highest BCUT2D eigenvalue weighted by atomic mass is 16.3. The lowest BCUT2D eigenvalue weighted by Crippen LogP contribution is -2.51. The first kappa shape index (κ1) is 13.2. The number of piperazine rings is 1. The van der Waals surface area contributed by atoms with Gasteiger partial charge in [-0.25, -0.2) is 0 Å². The molecule has 108 valence electrons. The summed E-state index contributed by atoms with van der Waals surface area (Å²) in [4.78, 5) is 16.4. The van der Waals surface area contributed by atoms with E-state index in [1.807, 2.05) is 17.0 Å². The summed E-state index contributed by atoms with van der Waals surface area (Å²) in [6.07, 6.45) is 0.687. The average molecular weight is 275 g/mol. The predicted molar refractivity (Wildman–Crippen MR) is 77.9 cm³/mol. The van der Waals surface area contributed by atoms with Gasteiger partial charge in [0.2, 0.25) is 5.91 Å². The molecule has 1 aromatic rings. The number of aromatic hydroxyl groups is 1. The Balaban J connectivity index is 1.51. The number of anilines is 1. The number of benzene rings is 1. The summed E-state index contributed by atoms with van der Waals surface area (Å²) in [6, 6.07) is 7.26. The fourth-order valence-electron chi connectivity index (χ4n) is 2.75. The van der Waals surface area contributed by atoms with Crippen molar-refractivity contribution in [3.63, 3.8) is 0 Å². The van der Waals surface area contributed by atoms with Crippen molar-refractivity contribution >= 4 is 11.6 Å². The Morgan fingerprint density at radius 2 is 1.80 bits per heavy atom. The molecule has 0 radical (unpaired) electrons. The maximum atomic E-state index is 12.1. The van der Waals surface area contributed by atoms with Gasteiger partial charge in [-0.05, 0) is 43.3 Å². The van der Waals surface area contributed by atoms with E-state index in [9.17, 15) is 9.90 Å². The number of carbonyl (C=O) groups excluding carboxylic acids is 1. The fourth-order valence-corrected chi connectivity index (χ4v) is 2.75. The van der Waals surface area contributed by atoms with E-state index >= 15 is 0 Å². The topological polar surface area (TPSA) is 55.8 Å². The molecule has 2 heterocycles. The lowest BCUT2D eigenvalue weighted by Gasteiger charge is -2.37. The predicted octanol–water partition coefficient (Wildman–Crippen LogP) is 0.650. The minimum absolute atomic E-state index is 0.289. The molecule has 2 saturated heterocycles. The van der Waals surface area contributed by atoms with Crippen LogP contribution in [0.4, 0.5) is 5.69 Å². The molecule has 1 aromatic carbocycles. The quantitative estimate of drug-likeness (QED) is 0.850. The Hall–Kier alpha value is -1.75. The van der Waals surface area contributed by atoms with Crippen molar-refractivity contribution in [2.75, 3.05) is 44.2 Å². The summed E-state index contributed by atoms with van der Waals surface area (Å²) in [7, 11) is 0. The van der Waals surface area contributed by atoms with Crippen LogP contribution in [0, 0.1) is 5.92 Å². The molecule has 2 N–H and O–H groups in total. The molecular formula is C15H21N3O2. The molecule has 1 amide bonds. The third-order valence-corrected chi connectivity index (χ3v) is 4.18. The van der Waals surface area contributed by atoms with E-state index < -0.39 is 0 Å². The molecular weight excluding hydrogens is 254 g/mol. The average Bonchev–Trinajstić information content (AvgIpc) is 2.44. The van der Waals surface area contributed by atoms with E-state index in [0.29, 0.717) is 18.2 Å². The molecule has 0 saturated carbocycles. The summed E-state index contributed by atoms with van der Waals surface area (Å²) < 4.78 is 0. The van der Waals surface area contributed by atoms with E-state index in [1.54, 1.807) is 12.1 Å². The maximum absolute atomic E-state index is 12.1. The Bertz CT molecular complexity index is 463. The molecule has 0 aliphatic carbocycles. The van der Waals surface area contributed by atoms with Crippen molar-refractivity contribution in [2.24, 2.45) is 5.92 Å². The van der Waals surface area contributed by atoms with E-state index in [1.165, 1.54) is 0 Å². The Labute approximate surface area is 119 Å². The Kier molecular flexibility index (Phi) is 3.78. The van der Waals surface area contributed by atoms with Gasteiger partial charge in [-0.2, -0.15) is 0 Å². The van der Waals surface area contributed by atoms with Crippen LogP contribution in [0.3, 0.4) is 0 Å². The summed E-state index contributed by atoms with van der Waals surface area (Å²) in [6.45, 7) is 5.27. The van der Waals surface area contributed by atoms with E-state index in [-0.39, 0.29) is 5.75 Å². The highest BCUT2D eigenvalue weighted by Crippen LogP contribution is 2.20. The van der Waals surface area contributed by atoms with Gasteiger partial charge in [0, 0.05) is 38.3 Å². The number of nitrogens with zero attached hydrogens (tertiary/aromatic N) is 2. The summed E-state index contributed by atoms with van der Waals surface area (Å²) in [5, 5.41) is 12.5. The standard InChI is InChI=1S/C15H21N3O2/c19-14-3-1-13(2-4-14)17-5-7-18(8-6-17)15(20)9-12-10-16-11-12/h1-4,12,16,19H,5-11H2. The van der Waals surface area contributed by atoms with E-state index in [2.05, 4.69) is 10.2 Å². The van der Waals surface area contributed by atoms with Crippen LogP contribution in [0.2, 0.25) is 0 Å². The van der Waals surface area contributed by atoms with Gasteiger partial charge in [0.15, 0.2) is 0 Å². The molecule has 2 aliphatic rings. The highest BCUT2D eigenvalue weighted by molar-refractivity contribution is 5.77. The zero-order chi connectivity index (χ0) is 13.9. The zero-order valence-electron chi connectivity index (χ0n) is 11.6. The number of nitrogens with one attached hydrogen (secondary N) is 1. The third-order valence-electron chi connectivity index (χ3n) is 4.18. The van der Waals surface area contributed by atoms with Gasteiger partial charge < -0.3 is 20.2 Å². The van der Waals surface area contributed by atoms with Crippen LogP contribution >= 0.6 is 0 Å². The second kappa shape index (κ2) is 5.71. The molecule has 5 heteroatoms. The molecule has 2 fully saturated rings. The molecule has 0 spiro atoms. The van der Waals surface area contributed by atoms with Crippen molar-refractivity contribution in [3.8, 4) is 5.75 Å². The SMILES string of the molecule is O=C(CC1CNC1)N1CCN(c2ccc(O)cc2)CC1.